The summed E-state index contributed by atoms with van der Waals surface area (Å²) in [4.78, 5) is 17.4. The van der Waals surface area contributed by atoms with Crippen LogP contribution in [0.4, 0.5) is 0 Å². The van der Waals surface area contributed by atoms with Gasteiger partial charge in [0.25, 0.3) is 5.91 Å². The smallest absolute Gasteiger partial charge is 0.267 e. The van der Waals surface area contributed by atoms with Crippen LogP contribution in [0.2, 0.25) is 0 Å². The predicted molar refractivity (Wildman–Crippen MR) is 121 cm³/mol. The highest BCUT2D eigenvalue weighted by Gasteiger charge is 2.60. The fraction of sp³-hybridized carbons (Fsp3) is 0.360. The number of hydrogen-bond donors (Lipinski definition) is 1. The monoisotopic (exact) mass is 413 g/mol. The molecule has 2 heterocycles. The number of pyridine rings is 1. The number of carbonyl (C=O) groups is 1. The van der Waals surface area contributed by atoms with Crippen LogP contribution in [0.3, 0.4) is 0 Å². The maximum Gasteiger partial charge on any atom is 0.275 e. The van der Waals surface area contributed by atoms with E-state index in [0.29, 0.717) is 17.2 Å². The topological polar surface area (TPSA) is 72.2 Å². The third-order valence-corrected chi connectivity index (χ3v) is 7.72. The molecule has 1 N–H and O–H groups in total. The zero-order valence-corrected chi connectivity index (χ0v) is 18.2. The molecule has 2 atom stereocenters. The Morgan fingerprint density at radius 3 is 2.61 bits per heavy atom. The lowest BCUT2D eigenvalue weighted by molar-refractivity contribution is 0.0954. The number of hydrazone groups is 1. The number of nitrogens with one attached hydrogen (secondary N) is 1. The lowest BCUT2D eigenvalue weighted by Crippen LogP contribution is -2.34. The molecule has 0 radical (unpaired) electrons. The molecule has 5 rings (SSSR count). The lowest BCUT2D eigenvalue weighted by atomic mass is 9.70. The SMILES string of the molecule is CC1(C)[C@H]2CC[C@]1(C)/C(=N/NC(=O)c1cn(-c3ccccc3)nc1-c1cccnc1)C2. The van der Waals surface area contributed by atoms with Crippen molar-refractivity contribution < 1.29 is 4.79 Å². The second-order valence-electron chi connectivity index (χ2n) is 9.41. The van der Waals surface area contributed by atoms with Crippen molar-refractivity contribution in [2.75, 3.05) is 0 Å². The van der Waals surface area contributed by atoms with Crippen molar-refractivity contribution in [1.82, 2.24) is 20.2 Å². The highest BCUT2D eigenvalue weighted by atomic mass is 16.2. The summed E-state index contributed by atoms with van der Waals surface area (Å²) in [7, 11) is 0. The molecule has 6 heteroatoms. The number of fused-ring (bicyclic) bond motifs is 2. The predicted octanol–water partition coefficient (Wildman–Crippen LogP) is 4.87. The minimum absolute atomic E-state index is 0.0470. The van der Waals surface area contributed by atoms with Crippen molar-refractivity contribution in [3.8, 4) is 16.9 Å². The summed E-state index contributed by atoms with van der Waals surface area (Å²) in [6.45, 7) is 6.96. The number of benzene rings is 1. The molecule has 3 aromatic rings. The molecular weight excluding hydrogens is 386 g/mol. The fourth-order valence-electron chi connectivity index (χ4n) is 5.25. The Kier molecular flexibility index (Phi) is 4.54. The highest BCUT2D eigenvalue weighted by molar-refractivity contribution is 6.01. The summed E-state index contributed by atoms with van der Waals surface area (Å²) in [5.74, 6) is 0.387. The van der Waals surface area contributed by atoms with Gasteiger partial charge in [0.15, 0.2) is 0 Å². The molecule has 31 heavy (non-hydrogen) atoms. The van der Waals surface area contributed by atoms with Crippen LogP contribution in [-0.4, -0.2) is 26.4 Å². The van der Waals surface area contributed by atoms with E-state index in [-0.39, 0.29) is 16.7 Å². The van der Waals surface area contributed by atoms with Gasteiger partial charge in [-0.2, -0.15) is 10.2 Å². The third kappa shape index (κ3) is 3.09. The van der Waals surface area contributed by atoms with Gasteiger partial charge in [-0.3, -0.25) is 9.78 Å². The third-order valence-electron chi connectivity index (χ3n) is 7.72. The first kappa shape index (κ1) is 19.7. The quantitative estimate of drug-likeness (QED) is 0.621. The van der Waals surface area contributed by atoms with E-state index in [1.54, 1.807) is 23.3 Å². The van der Waals surface area contributed by atoms with Crippen LogP contribution in [0.25, 0.3) is 16.9 Å². The van der Waals surface area contributed by atoms with E-state index < -0.39 is 0 Å². The van der Waals surface area contributed by atoms with Crippen LogP contribution in [-0.2, 0) is 0 Å². The maximum atomic E-state index is 13.2. The Bertz CT molecular complexity index is 1150. The minimum Gasteiger partial charge on any atom is -0.267 e. The van der Waals surface area contributed by atoms with Crippen molar-refractivity contribution in [2.45, 2.75) is 40.0 Å². The molecule has 2 aliphatic rings. The van der Waals surface area contributed by atoms with Gasteiger partial charge in [-0.05, 0) is 54.9 Å². The number of amides is 1. The van der Waals surface area contributed by atoms with E-state index in [1.807, 2.05) is 42.5 Å². The Labute approximate surface area is 182 Å². The van der Waals surface area contributed by atoms with Gasteiger partial charge in [-0.25, -0.2) is 10.1 Å². The van der Waals surface area contributed by atoms with Gasteiger partial charge >= 0.3 is 0 Å². The number of carbonyl (C=O) groups excluding carboxylic acids is 1. The largest absolute Gasteiger partial charge is 0.275 e. The fourth-order valence-corrected chi connectivity index (χ4v) is 5.25. The first-order valence-electron chi connectivity index (χ1n) is 10.8. The van der Waals surface area contributed by atoms with Gasteiger partial charge in [-0.15, -0.1) is 0 Å². The molecule has 1 amide bonds. The van der Waals surface area contributed by atoms with E-state index in [0.717, 1.165) is 29.8 Å². The summed E-state index contributed by atoms with van der Waals surface area (Å²) < 4.78 is 1.73. The summed E-state index contributed by atoms with van der Waals surface area (Å²) in [6.07, 6.45) is 8.53. The van der Waals surface area contributed by atoms with Gasteiger partial charge in [0.2, 0.25) is 0 Å². The molecule has 0 unspecified atom stereocenters. The molecule has 2 saturated carbocycles. The maximum absolute atomic E-state index is 13.2. The van der Waals surface area contributed by atoms with Gasteiger partial charge in [-0.1, -0.05) is 39.0 Å². The Hall–Kier alpha value is -3.28. The van der Waals surface area contributed by atoms with E-state index in [2.05, 4.69) is 36.3 Å². The Balaban J connectivity index is 1.48. The van der Waals surface area contributed by atoms with Crippen LogP contribution in [0, 0.1) is 16.7 Å². The standard InChI is InChI=1S/C25H27N5O/c1-24(2)18-11-12-25(24,3)21(14-18)27-28-23(31)20-16-30(19-9-5-4-6-10-19)29-22(20)17-8-7-13-26-15-17/h4-10,13,15-16,18H,11-12,14H2,1-3H3,(H,28,31)/b27-21+/t18-,25+/m0/s1. The molecule has 1 aromatic carbocycles. The molecule has 0 saturated heterocycles. The number of nitrogens with zero attached hydrogens (tertiary/aromatic N) is 4. The Morgan fingerprint density at radius 1 is 1.16 bits per heavy atom. The molecule has 0 spiro atoms. The average Bonchev–Trinajstić information content (AvgIpc) is 3.39. The number of rotatable bonds is 4. The lowest BCUT2D eigenvalue weighted by Gasteiger charge is -2.34. The van der Waals surface area contributed by atoms with E-state index in [4.69, 9.17) is 5.10 Å². The van der Waals surface area contributed by atoms with Crippen LogP contribution >= 0.6 is 0 Å². The van der Waals surface area contributed by atoms with Gasteiger partial charge < -0.3 is 0 Å². The van der Waals surface area contributed by atoms with Crippen molar-refractivity contribution in [2.24, 2.45) is 21.8 Å². The number of aromatic nitrogens is 3. The van der Waals surface area contributed by atoms with E-state index in [9.17, 15) is 4.79 Å². The first-order valence-corrected chi connectivity index (χ1v) is 10.8. The summed E-state index contributed by atoms with van der Waals surface area (Å²) in [5, 5.41) is 9.32. The van der Waals surface area contributed by atoms with Gasteiger partial charge in [0, 0.05) is 35.3 Å². The van der Waals surface area contributed by atoms with Crippen molar-refractivity contribution in [1.29, 1.82) is 0 Å². The average molecular weight is 414 g/mol. The molecular formula is C25H27N5O. The minimum atomic E-state index is -0.252. The second kappa shape index (κ2) is 7.15. The van der Waals surface area contributed by atoms with Crippen molar-refractivity contribution >= 4 is 11.6 Å². The molecule has 2 aromatic heterocycles. The Morgan fingerprint density at radius 2 is 1.97 bits per heavy atom. The number of hydrogen-bond acceptors (Lipinski definition) is 4. The van der Waals surface area contributed by atoms with Crippen LogP contribution in [0.15, 0.2) is 66.2 Å². The molecule has 2 aliphatic carbocycles. The van der Waals surface area contributed by atoms with Gasteiger partial charge in [0.1, 0.15) is 5.69 Å². The summed E-state index contributed by atoms with van der Waals surface area (Å²) in [6, 6.07) is 13.5. The van der Waals surface area contributed by atoms with Crippen LogP contribution < -0.4 is 5.43 Å². The normalized spacial score (nSPS) is 25.1. The first-order chi connectivity index (χ1) is 14.9. The summed E-state index contributed by atoms with van der Waals surface area (Å²) in [5.41, 5.74) is 6.97. The zero-order valence-electron chi connectivity index (χ0n) is 18.2. The molecule has 2 bridgehead atoms. The molecule has 6 nitrogen and oxygen atoms in total. The van der Waals surface area contributed by atoms with Crippen molar-refractivity contribution in [3.63, 3.8) is 0 Å². The summed E-state index contributed by atoms with van der Waals surface area (Å²) >= 11 is 0. The second-order valence-corrected chi connectivity index (χ2v) is 9.41. The zero-order chi connectivity index (χ0) is 21.6. The van der Waals surface area contributed by atoms with E-state index >= 15 is 0 Å². The van der Waals surface area contributed by atoms with Crippen LogP contribution in [0.1, 0.15) is 50.4 Å². The van der Waals surface area contributed by atoms with E-state index in [1.165, 1.54) is 6.42 Å². The van der Waals surface area contributed by atoms with Gasteiger partial charge in [0.05, 0.1) is 11.3 Å². The van der Waals surface area contributed by atoms with Crippen LogP contribution in [0.5, 0.6) is 0 Å². The highest BCUT2D eigenvalue weighted by Crippen LogP contribution is 2.63. The number of para-hydroxylation sites is 1. The molecule has 0 aliphatic heterocycles. The molecule has 2 fully saturated rings. The van der Waals surface area contributed by atoms with Crippen molar-refractivity contribution in [3.05, 3.63) is 66.6 Å². The molecule has 158 valence electrons.